The topological polar surface area (TPSA) is 94.9 Å². The number of amides is 2. The smallest absolute Gasteiger partial charge is 0.313 e. The predicted molar refractivity (Wildman–Crippen MR) is 69.1 cm³/mol. The summed E-state index contributed by atoms with van der Waals surface area (Å²) >= 11 is 0.933. The maximum Gasteiger partial charge on any atom is 0.313 e. The summed E-state index contributed by atoms with van der Waals surface area (Å²) in [6.45, 7) is 0. The highest BCUT2D eigenvalue weighted by Crippen LogP contribution is 2.30. The summed E-state index contributed by atoms with van der Waals surface area (Å²) in [5.74, 6) is -2.13. The standard InChI is InChI=1S/C12H11NO5S/c14-8-3-1-2-7(4-8)13-10(15)5-9(12(13)18)19-6-11(16)17/h1-4,9,14H,5-6H2,(H,16,17). The largest absolute Gasteiger partial charge is 0.508 e. The number of rotatable bonds is 4. The third kappa shape index (κ3) is 2.87. The lowest BCUT2D eigenvalue weighted by atomic mass is 10.3. The summed E-state index contributed by atoms with van der Waals surface area (Å²) in [5.41, 5.74) is 0.299. The number of carbonyl (C=O) groups is 3. The lowest BCUT2D eigenvalue weighted by molar-refractivity contribution is -0.134. The van der Waals surface area contributed by atoms with Crippen LogP contribution in [0.2, 0.25) is 0 Å². The summed E-state index contributed by atoms with van der Waals surface area (Å²) in [7, 11) is 0. The molecule has 2 N–H and O–H groups in total. The Labute approximate surface area is 113 Å². The van der Waals surface area contributed by atoms with Crippen LogP contribution in [0.5, 0.6) is 5.75 Å². The fourth-order valence-electron chi connectivity index (χ4n) is 1.81. The van der Waals surface area contributed by atoms with E-state index < -0.39 is 23.0 Å². The van der Waals surface area contributed by atoms with Gasteiger partial charge in [-0.2, -0.15) is 0 Å². The number of carbonyl (C=O) groups excluding carboxylic acids is 2. The van der Waals surface area contributed by atoms with Crippen LogP contribution in [-0.4, -0.2) is 39.0 Å². The highest BCUT2D eigenvalue weighted by atomic mass is 32.2. The van der Waals surface area contributed by atoms with Gasteiger partial charge in [0.1, 0.15) is 5.75 Å². The number of aromatic hydroxyl groups is 1. The second kappa shape index (κ2) is 5.31. The number of anilines is 1. The van der Waals surface area contributed by atoms with Crippen molar-refractivity contribution >= 4 is 35.2 Å². The SMILES string of the molecule is O=C(O)CSC1CC(=O)N(c2cccc(O)c2)C1=O. The van der Waals surface area contributed by atoms with Crippen LogP contribution in [0.15, 0.2) is 24.3 Å². The first-order valence-corrected chi connectivity index (χ1v) is 6.53. The molecule has 0 aromatic heterocycles. The molecular formula is C12H11NO5S. The van der Waals surface area contributed by atoms with Crippen molar-refractivity contribution in [2.24, 2.45) is 0 Å². The monoisotopic (exact) mass is 281 g/mol. The van der Waals surface area contributed by atoms with Gasteiger partial charge in [0, 0.05) is 12.5 Å². The van der Waals surface area contributed by atoms with E-state index in [4.69, 9.17) is 5.11 Å². The average Bonchev–Trinajstić information content (AvgIpc) is 2.62. The van der Waals surface area contributed by atoms with E-state index in [0.29, 0.717) is 5.69 Å². The second-order valence-electron chi connectivity index (χ2n) is 3.98. The van der Waals surface area contributed by atoms with Crippen molar-refractivity contribution in [1.29, 1.82) is 0 Å². The van der Waals surface area contributed by atoms with Gasteiger partial charge in [-0.15, -0.1) is 11.8 Å². The Balaban J connectivity index is 2.17. The molecule has 1 fully saturated rings. The normalized spacial score (nSPS) is 18.9. The maximum atomic E-state index is 12.0. The minimum atomic E-state index is -1.03. The molecule has 1 heterocycles. The van der Waals surface area contributed by atoms with Gasteiger partial charge in [-0.05, 0) is 12.1 Å². The molecule has 6 nitrogen and oxygen atoms in total. The maximum absolute atomic E-state index is 12.0. The van der Waals surface area contributed by atoms with E-state index in [9.17, 15) is 19.5 Å². The molecule has 1 aromatic carbocycles. The summed E-state index contributed by atoms with van der Waals surface area (Å²) in [6.07, 6.45) is -0.0214. The molecule has 0 bridgehead atoms. The molecular weight excluding hydrogens is 270 g/mol. The summed E-state index contributed by atoms with van der Waals surface area (Å²) in [5, 5.41) is 17.3. The van der Waals surface area contributed by atoms with E-state index in [1.807, 2.05) is 0 Å². The van der Waals surface area contributed by atoms with Crippen molar-refractivity contribution in [3.63, 3.8) is 0 Å². The number of nitrogens with zero attached hydrogens (tertiary/aromatic N) is 1. The molecule has 1 aliphatic heterocycles. The number of benzene rings is 1. The fraction of sp³-hybridized carbons (Fsp3) is 0.250. The average molecular weight is 281 g/mol. The van der Waals surface area contributed by atoms with Gasteiger partial charge in [-0.25, -0.2) is 4.90 Å². The molecule has 1 aromatic rings. The number of carboxylic acid groups (broad SMARTS) is 1. The number of hydrogen-bond donors (Lipinski definition) is 2. The molecule has 0 spiro atoms. The molecule has 1 aliphatic rings. The number of carboxylic acids is 1. The number of thioether (sulfide) groups is 1. The van der Waals surface area contributed by atoms with Gasteiger partial charge in [0.25, 0.3) is 0 Å². The van der Waals surface area contributed by atoms with Gasteiger partial charge in [-0.1, -0.05) is 6.07 Å². The molecule has 0 saturated carbocycles. The van der Waals surface area contributed by atoms with Crippen LogP contribution in [0.1, 0.15) is 6.42 Å². The number of phenolic OH excluding ortho intramolecular Hbond substituents is 1. The summed E-state index contributed by atoms with van der Waals surface area (Å²) < 4.78 is 0. The minimum Gasteiger partial charge on any atom is -0.508 e. The van der Waals surface area contributed by atoms with Crippen LogP contribution in [-0.2, 0) is 14.4 Å². The van der Waals surface area contributed by atoms with Crippen molar-refractivity contribution < 1.29 is 24.6 Å². The summed E-state index contributed by atoms with van der Waals surface area (Å²) in [6, 6.07) is 5.83. The Morgan fingerprint density at radius 1 is 1.42 bits per heavy atom. The lowest BCUT2D eigenvalue weighted by Gasteiger charge is -2.14. The Morgan fingerprint density at radius 3 is 2.79 bits per heavy atom. The zero-order valence-electron chi connectivity index (χ0n) is 9.78. The van der Waals surface area contributed by atoms with E-state index >= 15 is 0 Å². The van der Waals surface area contributed by atoms with Crippen molar-refractivity contribution in [3.8, 4) is 5.75 Å². The fourth-order valence-corrected chi connectivity index (χ4v) is 2.66. The molecule has 2 amide bonds. The first-order chi connectivity index (χ1) is 8.99. The van der Waals surface area contributed by atoms with Crippen molar-refractivity contribution in [2.75, 3.05) is 10.7 Å². The van der Waals surface area contributed by atoms with Gasteiger partial charge in [0.2, 0.25) is 11.8 Å². The Kier molecular flexibility index (Phi) is 3.75. The van der Waals surface area contributed by atoms with Crippen LogP contribution in [0, 0.1) is 0 Å². The number of aliphatic carboxylic acids is 1. The van der Waals surface area contributed by atoms with Crippen LogP contribution >= 0.6 is 11.8 Å². The zero-order valence-corrected chi connectivity index (χ0v) is 10.6. The molecule has 7 heteroatoms. The quantitative estimate of drug-likeness (QED) is 0.794. The second-order valence-corrected chi connectivity index (χ2v) is 5.18. The third-order valence-corrected chi connectivity index (χ3v) is 3.79. The summed E-state index contributed by atoms with van der Waals surface area (Å²) in [4.78, 5) is 35.3. The van der Waals surface area contributed by atoms with E-state index in [1.54, 1.807) is 6.07 Å². The van der Waals surface area contributed by atoms with Gasteiger partial charge in [0.05, 0.1) is 16.7 Å². The number of imide groups is 1. The molecule has 1 unspecified atom stereocenters. The van der Waals surface area contributed by atoms with E-state index in [0.717, 1.165) is 16.7 Å². The van der Waals surface area contributed by atoms with Gasteiger partial charge in [0.15, 0.2) is 0 Å². The molecule has 0 radical (unpaired) electrons. The van der Waals surface area contributed by atoms with Crippen LogP contribution < -0.4 is 4.90 Å². The Hall–Kier alpha value is -2.02. The highest BCUT2D eigenvalue weighted by molar-refractivity contribution is 8.01. The molecule has 2 rings (SSSR count). The number of hydrogen-bond acceptors (Lipinski definition) is 5. The zero-order chi connectivity index (χ0) is 14.0. The minimum absolute atomic E-state index is 0.0214. The van der Waals surface area contributed by atoms with E-state index in [-0.39, 0.29) is 17.9 Å². The van der Waals surface area contributed by atoms with Gasteiger partial charge >= 0.3 is 5.97 Å². The van der Waals surface area contributed by atoms with Gasteiger partial charge < -0.3 is 10.2 Å². The first-order valence-electron chi connectivity index (χ1n) is 5.48. The predicted octanol–water partition coefficient (Wildman–Crippen LogP) is 0.842. The Morgan fingerprint density at radius 2 is 2.16 bits per heavy atom. The first kappa shape index (κ1) is 13.4. The number of phenols is 1. The molecule has 1 saturated heterocycles. The van der Waals surface area contributed by atoms with Crippen LogP contribution in [0.25, 0.3) is 0 Å². The van der Waals surface area contributed by atoms with Crippen LogP contribution in [0.4, 0.5) is 5.69 Å². The highest BCUT2D eigenvalue weighted by Gasteiger charge is 2.40. The van der Waals surface area contributed by atoms with Crippen molar-refractivity contribution in [2.45, 2.75) is 11.7 Å². The third-order valence-electron chi connectivity index (χ3n) is 2.60. The lowest BCUT2D eigenvalue weighted by Crippen LogP contribution is -2.31. The molecule has 100 valence electrons. The van der Waals surface area contributed by atoms with Crippen LogP contribution in [0.3, 0.4) is 0 Å². The van der Waals surface area contributed by atoms with E-state index in [2.05, 4.69) is 0 Å². The molecule has 1 atom stereocenters. The van der Waals surface area contributed by atoms with Crippen molar-refractivity contribution in [1.82, 2.24) is 0 Å². The Bertz CT molecular complexity index is 545. The van der Waals surface area contributed by atoms with Crippen molar-refractivity contribution in [3.05, 3.63) is 24.3 Å². The molecule has 19 heavy (non-hydrogen) atoms. The molecule has 0 aliphatic carbocycles. The van der Waals surface area contributed by atoms with Gasteiger partial charge in [-0.3, -0.25) is 14.4 Å². The van der Waals surface area contributed by atoms with E-state index in [1.165, 1.54) is 18.2 Å².